The van der Waals surface area contributed by atoms with E-state index < -0.39 is 31.6 Å². The van der Waals surface area contributed by atoms with Crippen molar-refractivity contribution in [2.75, 3.05) is 13.2 Å². The van der Waals surface area contributed by atoms with E-state index in [0.29, 0.717) is 12.0 Å². The quantitative estimate of drug-likeness (QED) is 0.411. The van der Waals surface area contributed by atoms with E-state index in [0.717, 1.165) is 0 Å². The van der Waals surface area contributed by atoms with Crippen LogP contribution in [0.15, 0.2) is 15.8 Å². The number of rotatable bonds is 10. The van der Waals surface area contributed by atoms with Gasteiger partial charge in [0.25, 0.3) is 14.1 Å². The van der Waals surface area contributed by atoms with Gasteiger partial charge in [-0.25, -0.2) is 9.46 Å². The van der Waals surface area contributed by atoms with E-state index in [4.69, 9.17) is 23.8 Å². The van der Waals surface area contributed by atoms with Gasteiger partial charge in [-0.1, -0.05) is 0 Å². The first kappa shape index (κ1) is 25.0. The highest BCUT2D eigenvalue weighted by molar-refractivity contribution is 7.44. The molecule has 0 aliphatic carbocycles. The van der Waals surface area contributed by atoms with E-state index in [1.165, 1.54) is 10.8 Å². The Balaban J connectivity index is 1.79. The summed E-state index contributed by atoms with van der Waals surface area (Å²) in [5.74, 6) is 0. The van der Waals surface area contributed by atoms with Gasteiger partial charge in [0.15, 0.2) is 6.23 Å². The van der Waals surface area contributed by atoms with Crippen molar-refractivity contribution in [3.05, 3.63) is 32.6 Å². The van der Waals surface area contributed by atoms with Crippen molar-refractivity contribution in [3.63, 3.8) is 0 Å². The highest BCUT2D eigenvalue weighted by Crippen LogP contribution is 2.52. The maximum atomic E-state index is 12.4. The number of H-pyrrole nitrogens is 1. The van der Waals surface area contributed by atoms with Crippen molar-refractivity contribution in [2.45, 2.75) is 90.5 Å². The molecule has 0 radical (unpaired) electrons. The maximum absolute atomic E-state index is 12.4. The Morgan fingerprint density at radius 3 is 2.66 bits per heavy atom. The number of nitrogens with one attached hydrogen (secondary N) is 1. The molecule has 3 heterocycles. The van der Waals surface area contributed by atoms with Crippen LogP contribution in [-0.2, 0) is 18.5 Å². The number of aromatic nitrogens is 2. The van der Waals surface area contributed by atoms with Crippen molar-refractivity contribution in [3.8, 4) is 6.07 Å². The second-order valence-corrected chi connectivity index (χ2v) is 10.3. The number of hydrogen-bond donors (Lipinski definition) is 1. The normalized spacial score (nSPS) is 28.1. The van der Waals surface area contributed by atoms with Gasteiger partial charge in [0.05, 0.1) is 31.8 Å². The molecule has 0 aromatic carbocycles. The summed E-state index contributed by atoms with van der Waals surface area (Å²) >= 11 is 0. The summed E-state index contributed by atoms with van der Waals surface area (Å²) in [6.45, 7) is 12.4. The fourth-order valence-electron chi connectivity index (χ4n) is 4.27. The summed E-state index contributed by atoms with van der Waals surface area (Å²) in [5, 5.41) is 8.89. The predicted molar refractivity (Wildman–Crippen MR) is 119 cm³/mol. The number of nitriles is 1. The highest BCUT2D eigenvalue weighted by Gasteiger charge is 2.59. The number of aryl methyl sites for hydroxylation is 1. The molecular weight excluding hydrogens is 435 g/mol. The van der Waals surface area contributed by atoms with Crippen LogP contribution in [0.5, 0.6) is 0 Å². The maximum Gasteiger partial charge on any atom is 0.330 e. The zero-order valence-corrected chi connectivity index (χ0v) is 20.4. The number of hydrogen-bond acceptors (Lipinski definition) is 8. The Kier molecular flexibility index (Phi) is 7.92. The van der Waals surface area contributed by atoms with E-state index in [9.17, 15) is 9.59 Å². The first-order valence-electron chi connectivity index (χ1n) is 11.0. The van der Waals surface area contributed by atoms with Crippen molar-refractivity contribution in [1.82, 2.24) is 14.2 Å². The molecule has 2 aliphatic rings. The number of fused-ring (bicyclic) bond motifs is 2. The van der Waals surface area contributed by atoms with Crippen LogP contribution >= 0.6 is 8.53 Å². The zero-order valence-electron chi connectivity index (χ0n) is 19.5. The number of aromatic amines is 1. The molecule has 0 saturated carbocycles. The molecule has 2 bridgehead atoms. The molecule has 0 spiro atoms. The van der Waals surface area contributed by atoms with E-state index in [1.54, 1.807) is 6.92 Å². The molecule has 11 heteroatoms. The van der Waals surface area contributed by atoms with Crippen LogP contribution in [0.1, 0.15) is 59.3 Å². The Bertz CT molecular complexity index is 949. The average molecular weight is 468 g/mol. The van der Waals surface area contributed by atoms with Gasteiger partial charge in [0, 0.05) is 30.3 Å². The minimum atomic E-state index is -1.42. The summed E-state index contributed by atoms with van der Waals surface area (Å²) in [6, 6.07) is 2.47. The molecule has 32 heavy (non-hydrogen) atoms. The third-order valence-corrected chi connectivity index (χ3v) is 7.90. The fraction of sp³-hybridized carbons (Fsp3) is 0.762. The molecule has 1 aromatic rings. The third kappa shape index (κ3) is 4.98. The lowest BCUT2D eigenvalue weighted by Crippen LogP contribution is -2.47. The van der Waals surface area contributed by atoms with Crippen molar-refractivity contribution in [1.29, 1.82) is 5.26 Å². The van der Waals surface area contributed by atoms with Crippen LogP contribution < -0.4 is 11.2 Å². The zero-order chi connectivity index (χ0) is 23.6. The summed E-state index contributed by atoms with van der Waals surface area (Å²) in [4.78, 5) is 26.4. The molecular formula is C21H33N4O6P. The molecule has 1 aromatic heterocycles. The summed E-state index contributed by atoms with van der Waals surface area (Å²) in [5.41, 5.74) is -1.26. The molecule has 5 atom stereocenters. The SMILES string of the molecule is Cc1cn([C@@H]2O[C@]3(COP(OCCC#N)N(C(C)C)C(C)C)C[C@H]2O[C@H]3C)c(=O)[nH]c1=O. The predicted octanol–water partition coefficient (Wildman–Crippen LogP) is 2.58. The lowest BCUT2D eigenvalue weighted by atomic mass is 9.98. The second-order valence-electron chi connectivity index (χ2n) is 8.89. The molecule has 2 saturated heterocycles. The van der Waals surface area contributed by atoms with Crippen LogP contribution in [0.3, 0.4) is 0 Å². The van der Waals surface area contributed by atoms with Gasteiger partial charge >= 0.3 is 5.69 Å². The Morgan fingerprint density at radius 2 is 2.03 bits per heavy atom. The fourth-order valence-corrected chi connectivity index (χ4v) is 5.94. The van der Waals surface area contributed by atoms with Crippen molar-refractivity contribution >= 4 is 8.53 Å². The van der Waals surface area contributed by atoms with E-state index >= 15 is 0 Å². The van der Waals surface area contributed by atoms with Crippen LogP contribution in [-0.4, -0.2) is 57.3 Å². The molecule has 10 nitrogen and oxygen atoms in total. The summed E-state index contributed by atoms with van der Waals surface area (Å²) < 4.78 is 28.3. The number of nitrogens with zero attached hydrogens (tertiary/aromatic N) is 3. The van der Waals surface area contributed by atoms with Gasteiger partial charge in [0.1, 0.15) is 11.7 Å². The smallest absolute Gasteiger partial charge is 0.330 e. The standard InChI is InChI=1S/C21H33N4O6P/c1-13(2)25(14(3)4)32(28-9-7-8-22)29-12-21-10-17(30-16(21)6)19(31-21)24-11-15(5)18(26)23-20(24)27/h11,13-14,16-17,19H,7,9-10,12H2,1-6H3,(H,23,26,27)/t16-,17+,19+,21-,32?/m0/s1. The summed E-state index contributed by atoms with van der Waals surface area (Å²) in [7, 11) is -1.42. The first-order valence-corrected chi connectivity index (χ1v) is 12.1. The summed E-state index contributed by atoms with van der Waals surface area (Å²) in [6.07, 6.45) is 1.15. The minimum Gasteiger partial charge on any atom is -0.367 e. The molecule has 0 amide bonds. The van der Waals surface area contributed by atoms with Gasteiger partial charge in [-0.2, -0.15) is 5.26 Å². The highest BCUT2D eigenvalue weighted by atomic mass is 31.2. The Labute approximate surface area is 189 Å². The minimum absolute atomic E-state index is 0.186. The molecule has 1 N–H and O–H groups in total. The monoisotopic (exact) mass is 468 g/mol. The Hall–Kier alpha value is -1.60. The molecule has 178 valence electrons. The van der Waals surface area contributed by atoms with Gasteiger partial charge in [0.2, 0.25) is 0 Å². The van der Waals surface area contributed by atoms with E-state index in [2.05, 4.69) is 43.4 Å². The molecule has 3 rings (SSSR count). The van der Waals surface area contributed by atoms with Gasteiger partial charge in [-0.15, -0.1) is 0 Å². The van der Waals surface area contributed by atoms with Crippen LogP contribution in [0.2, 0.25) is 0 Å². The lowest BCUT2D eigenvalue weighted by Gasteiger charge is -2.39. The van der Waals surface area contributed by atoms with E-state index in [-0.39, 0.29) is 43.9 Å². The van der Waals surface area contributed by atoms with Gasteiger partial charge < -0.3 is 18.5 Å². The van der Waals surface area contributed by atoms with Crippen molar-refractivity contribution < 1.29 is 18.5 Å². The van der Waals surface area contributed by atoms with Crippen LogP contribution in [0, 0.1) is 18.3 Å². The molecule has 1 unspecified atom stereocenters. The van der Waals surface area contributed by atoms with Gasteiger partial charge in [-0.3, -0.25) is 14.3 Å². The first-order chi connectivity index (χ1) is 15.1. The molecule has 2 fully saturated rings. The van der Waals surface area contributed by atoms with Crippen LogP contribution in [0.25, 0.3) is 0 Å². The van der Waals surface area contributed by atoms with Gasteiger partial charge in [-0.05, 0) is 41.5 Å². The van der Waals surface area contributed by atoms with Crippen molar-refractivity contribution in [2.24, 2.45) is 0 Å². The third-order valence-electron chi connectivity index (χ3n) is 5.84. The topological polar surface area (TPSA) is 119 Å². The lowest BCUT2D eigenvalue weighted by molar-refractivity contribution is -0.214. The largest absolute Gasteiger partial charge is 0.367 e. The Morgan fingerprint density at radius 1 is 1.34 bits per heavy atom. The second kappa shape index (κ2) is 10.1. The van der Waals surface area contributed by atoms with E-state index in [1.807, 2.05) is 6.92 Å². The molecule has 2 aliphatic heterocycles. The number of ether oxygens (including phenoxy) is 2. The average Bonchev–Trinajstić information content (AvgIpc) is 3.22. The van der Waals surface area contributed by atoms with Crippen LogP contribution in [0.4, 0.5) is 0 Å².